The number of hydrogen-bond donors (Lipinski definition) is 3. The van der Waals surface area contributed by atoms with E-state index in [1.54, 1.807) is 0 Å². The van der Waals surface area contributed by atoms with Gasteiger partial charge in [0.1, 0.15) is 6.10 Å². The molecule has 0 aliphatic carbocycles. The second-order valence-corrected chi connectivity index (χ2v) is 1.84. The topological polar surface area (TPSA) is 94.8 Å². The first-order chi connectivity index (χ1) is 4.46. The number of aliphatic hydroxyl groups is 2. The monoisotopic (exact) mass is 148 g/mol. The number of carboxylic acids is 1. The van der Waals surface area contributed by atoms with Gasteiger partial charge in [0.15, 0.2) is 11.9 Å². The van der Waals surface area contributed by atoms with E-state index in [2.05, 4.69) is 0 Å². The van der Waals surface area contributed by atoms with Crippen molar-refractivity contribution in [1.82, 2.24) is 0 Å². The van der Waals surface area contributed by atoms with E-state index in [9.17, 15) is 9.59 Å². The first-order valence-corrected chi connectivity index (χ1v) is 2.56. The highest BCUT2D eigenvalue weighted by Crippen LogP contribution is 1.93. The molecule has 0 heterocycles. The molecule has 0 aliphatic rings. The Kier molecular flexibility index (Phi) is 2.98. The van der Waals surface area contributed by atoms with Crippen LogP contribution in [0.4, 0.5) is 0 Å². The highest BCUT2D eigenvalue weighted by atomic mass is 16.4. The van der Waals surface area contributed by atoms with Gasteiger partial charge in [-0.1, -0.05) is 0 Å². The molecule has 0 radical (unpaired) electrons. The fraction of sp³-hybridized carbons (Fsp3) is 0.600. The van der Waals surface area contributed by atoms with Crippen LogP contribution in [0.15, 0.2) is 0 Å². The van der Waals surface area contributed by atoms with Crippen molar-refractivity contribution >= 4 is 11.8 Å². The van der Waals surface area contributed by atoms with Crippen molar-refractivity contribution in [3.05, 3.63) is 0 Å². The van der Waals surface area contributed by atoms with Crippen molar-refractivity contribution in [2.24, 2.45) is 0 Å². The van der Waals surface area contributed by atoms with Crippen molar-refractivity contribution in [2.45, 2.75) is 19.1 Å². The molecule has 0 aromatic carbocycles. The van der Waals surface area contributed by atoms with Crippen molar-refractivity contribution in [3.63, 3.8) is 0 Å². The van der Waals surface area contributed by atoms with Gasteiger partial charge in [-0.05, 0) is 6.92 Å². The Morgan fingerprint density at radius 1 is 1.20 bits per heavy atom. The van der Waals surface area contributed by atoms with Gasteiger partial charge in [0.05, 0.1) is 0 Å². The number of ketones is 1. The van der Waals surface area contributed by atoms with E-state index in [0.717, 1.165) is 6.92 Å². The molecule has 0 rings (SSSR count). The normalized spacial score (nSPS) is 15.9. The zero-order valence-electron chi connectivity index (χ0n) is 5.31. The maximum Gasteiger partial charge on any atom is 0.335 e. The van der Waals surface area contributed by atoms with E-state index in [0.29, 0.717) is 0 Å². The summed E-state index contributed by atoms with van der Waals surface area (Å²) in [7, 11) is 0. The van der Waals surface area contributed by atoms with Gasteiger partial charge < -0.3 is 15.3 Å². The van der Waals surface area contributed by atoms with Crippen LogP contribution in [0.5, 0.6) is 0 Å². The molecule has 0 aromatic rings. The molecule has 5 nitrogen and oxygen atoms in total. The third kappa shape index (κ3) is 2.12. The largest absolute Gasteiger partial charge is 0.479 e. The highest BCUT2D eigenvalue weighted by molar-refractivity contribution is 5.87. The number of carboxylic acid groups (broad SMARTS) is 1. The molecule has 0 fully saturated rings. The summed E-state index contributed by atoms with van der Waals surface area (Å²) >= 11 is 0. The Morgan fingerprint density at radius 3 is 1.70 bits per heavy atom. The number of aliphatic carboxylic acids is 1. The number of Topliss-reactive ketones (excluding diaryl/α,β-unsaturated/α-hetero) is 1. The Morgan fingerprint density at radius 2 is 1.60 bits per heavy atom. The van der Waals surface area contributed by atoms with E-state index in [1.807, 2.05) is 0 Å². The lowest BCUT2D eigenvalue weighted by Crippen LogP contribution is -2.38. The number of aliphatic hydroxyl groups excluding tert-OH is 2. The molecule has 0 spiro atoms. The lowest BCUT2D eigenvalue weighted by atomic mass is 10.1. The van der Waals surface area contributed by atoms with Crippen molar-refractivity contribution in [2.75, 3.05) is 0 Å². The predicted octanol–water partition coefficient (Wildman–Crippen LogP) is -1.62. The second kappa shape index (κ2) is 3.28. The summed E-state index contributed by atoms with van der Waals surface area (Å²) in [6.45, 7) is 0.997. The van der Waals surface area contributed by atoms with Crippen LogP contribution < -0.4 is 0 Å². The molecule has 0 amide bonds. The van der Waals surface area contributed by atoms with Crippen molar-refractivity contribution < 1.29 is 24.9 Å². The smallest absolute Gasteiger partial charge is 0.335 e. The van der Waals surface area contributed by atoms with Gasteiger partial charge in [0.25, 0.3) is 0 Å². The SMILES string of the molecule is CC(=O)C(O)[C@@H](O)C(=O)O. The molecule has 0 bridgehead atoms. The molecule has 0 aromatic heterocycles. The lowest BCUT2D eigenvalue weighted by Gasteiger charge is -2.08. The third-order valence-corrected chi connectivity index (χ3v) is 0.969. The van der Waals surface area contributed by atoms with E-state index in [-0.39, 0.29) is 0 Å². The van der Waals surface area contributed by atoms with Crippen LogP contribution >= 0.6 is 0 Å². The van der Waals surface area contributed by atoms with Gasteiger partial charge in [0, 0.05) is 0 Å². The van der Waals surface area contributed by atoms with Crippen LogP contribution in [0.1, 0.15) is 6.92 Å². The molecule has 0 aliphatic heterocycles. The molecule has 1 unspecified atom stereocenters. The van der Waals surface area contributed by atoms with Crippen molar-refractivity contribution in [3.8, 4) is 0 Å². The van der Waals surface area contributed by atoms with Gasteiger partial charge in [0.2, 0.25) is 0 Å². The summed E-state index contributed by atoms with van der Waals surface area (Å²) in [4.78, 5) is 20.1. The number of carbonyl (C=O) groups excluding carboxylic acids is 1. The summed E-state index contributed by atoms with van der Waals surface area (Å²) < 4.78 is 0. The molecular weight excluding hydrogens is 140 g/mol. The zero-order valence-corrected chi connectivity index (χ0v) is 5.31. The minimum atomic E-state index is -2.02. The van der Waals surface area contributed by atoms with Crippen LogP contribution in [0.3, 0.4) is 0 Å². The van der Waals surface area contributed by atoms with Crippen LogP contribution in [0.25, 0.3) is 0 Å². The Hall–Kier alpha value is -0.940. The Labute approximate surface area is 56.9 Å². The summed E-state index contributed by atoms with van der Waals surface area (Å²) in [5.41, 5.74) is 0. The second-order valence-electron chi connectivity index (χ2n) is 1.84. The Bertz CT molecular complexity index is 134. The summed E-state index contributed by atoms with van der Waals surface area (Å²) in [6.07, 6.45) is -3.84. The number of rotatable bonds is 3. The minimum Gasteiger partial charge on any atom is -0.479 e. The van der Waals surface area contributed by atoms with Gasteiger partial charge in [-0.2, -0.15) is 0 Å². The van der Waals surface area contributed by atoms with Gasteiger partial charge in [-0.25, -0.2) is 4.79 Å². The molecule has 3 N–H and O–H groups in total. The molecule has 58 valence electrons. The number of hydrogen-bond acceptors (Lipinski definition) is 4. The van der Waals surface area contributed by atoms with Crippen LogP contribution in [0.2, 0.25) is 0 Å². The molecule has 0 saturated carbocycles. The van der Waals surface area contributed by atoms with Gasteiger partial charge in [-0.15, -0.1) is 0 Å². The summed E-state index contributed by atoms with van der Waals surface area (Å²) in [5, 5.41) is 25.1. The minimum absolute atomic E-state index is 0.769. The third-order valence-electron chi connectivity index (χ3n) is 0.969. The maximum atomic E-state index is 10.2. The average molecular weight is 148 g/mol. The first-order valence-electron chi connectivity index (χ1n) is 2.56. The van der Waals surface area contributed by atoms with E-state index < -0.39 is 24.0 Å². The Balaban J connectivity index is 4.07. The molecule has 2 atom stereocenters. The number of carbonyl (C=O) groups is 2. The average Bonchev–Trinajstić information content (AvgIpc) is 1.84. The first kappa shape index (κ1) is 9.06. The van der Waals surface area contributed by atoms with E-state index in [1.165, 1.54) is 0 Å². The van der Waals surface area contributed by atoms with Crippen LogP contribution in [-0.4, -0.2) is 39.3 Å². The fourth-order valence-corrected chi connectivity index (χ4v) is 0.357. The molecule has 0 saturated heterocycles. The van der Waals surface area contributed by atoms with E-state index in [4.69, 9.17) is 15.3 Å². The maximum absolute atomic E-state index is 10.2. The molecule has 10 heavy (non-hydrogen) atoms. The quantitative estimate of drug-likeness (QED) is 0.447. The summed E-state index contributed by atoms with van der Waals surface area (Å²) in [6, 6.07) is 0. The molecular formula is C5H8O5. The van der Waals surface area contributed by atoms with E-state index >= 15 is 0 Å². The van der Waals surface area contributed by atoms with Gasteiger partial charge in [-0.3, -0.25) is 4.79 Å². The van der Waals surface area contributed by atoms with Gasteiger partial charge >= 0.3 is 5.97 Å². The standard InChI is InChI=1S/C5H8O5/c1-2(6)3(7)4(8)5(9)10/h3-4,7-8H,1H3,(H,9,10)/t3?,4-/m1/s1. The zero-order chi connectivity index (χ0) is 8.31. The molecule has 5 heteroatoms. The predicted molar refractivity (Wildman–Crippen MR) is 30.3 cm³/mol. The lowest BCUT2D eigenvalue weighted by molar-refractivity contribution is -0.156. The fourth-order valence-electron chi connectivity index (χ4n) is 0.357. The van der Waals surface area contributed by atoms with Crippen LogP contribution in [-0.2, 0) is 9.59 Å². The van der Waals surface area contributed by atoms with Crippen molar-refractivity contribution in [1.29, 1.82) is 0 Å². The summed E-state index contributed by atoms with van der Waals surface area (Å²) in [5.74, 6) is -2.38. The van der Waals surface area contributed by atoms with Crippen LogP contribution in [0, 0.1) is 0 Å². The highest BCUT2D eigenvalue weighted by Gasteiger charge is 2.26.